The normalized spacial score (nSPS) is 12.3. The first-order chi connectivity index (χ1) is 18.7. The van der Waals surface area contributed by atoms with Crippen LogP contribution in [0, 0.1) is 17.0 Å². The van der Waals surface area contributed by atoms with Gasteiger partial charge in [0.15, 0.2) is 5.82 Å². The van der Waals surface area contributed by atoms with Crippen LogP contribution < -0.4 is 15.0 Å². The van der Waals surface area contributed by atoms with Gasteiger partial charge in [-0.3, -0.25) is 14.9 Å². The summed E-state index contributed by atoms with van der Waals surface area (Å²) in [7, 11) is 1.63. The molecule has 0 saturated carbocycles. The molecule has 0 aliphatic heterocycles. The molecule has 0 bridgehead atoms. The third-order valence-electron chi connectivity index (χ3n) is 6.62. The maximum atomic E-state index is 13.7. The first-order valence-corrected chi connectivity index (χ1v) is 12.8. The van der Waals surface area contributed by atoms with Gasteiger partial charge >= 0.3 is 5.69 Å². The summed E-state index contributed by atoms with van der Waals surface area (Å²) in [6.07, 6.45) is 1.82. The molecular weight excluding hydrogens is 496 g/mol. The summed E-state index contributed by atoms with van der Waals surface area (Å²) >= 11 is 0. The molecule has 0 N–H and O–H groups in total. The van der Waals surface area contributed by atoms with E-state index in [1.807, 2.05) is 39.0 Å². The molecule has 9 nitrogen and oxygen atoms in total. The SMILES string of the molecule is CC[C@@H](C)Oc1c(C=Nn2c(-c3cc(C(C)C)c(OC)cc3C)nc3ccccc3c2=O)cccc1[N+](=O)[O-]. The lowest BCUT2D eigenvalue weighted by Crippen LogP contribution is -2.21. The highest BCUT2D eigenvalue weighted by atomic mass is 16.6. The Hall–Kier alpha value is -4.53. The van der Waals surface area contributed by atoms with Gasteiger partial charge in [0.1, 0.15) is 5.75 Å². The van der Waals surface area contributed by atoms with Crippen LogP contribution in [0.15, 0.2) is 64.5 Å². The summed E-state index contributed by atoms with van der Waals surface area (Å²) in [6.45, 7) is 9.83. The summed E-state index contributed by atoms with van der Waals surface area (Å²) in [5.74, 6) is 1.37. The Morgan fingerprint density at radius 1 is 1.13 bits per heavy atom. The molecule has 1 aromatic heterocycles. The van der Waals surface area contributed by atoms with Crippen LogP contribution in [0.3, 0.4) is 0 Å². The lowest BCUT2D eigenvalue weighted by molar-refractivity contribution is -0.386. The van der Waals surface area contributed by atoms with Crippen molar-refractivity contribution in [3.63, 3.8) is 0 Å². The van der Waals surface area contributed by atoms with E-state index in [4.69, 9.17) is 14.5 Å². The second kappa shape index (κ2) is 11.5. The van der Waals surface area contributed by atoms with Crippen molar-refractivity contribution in [3.8, 4) is 22.9 Å². The van der Waals surface area contributed by atoms with Crippen molar-refractivity contribution in [2.24, 2.45) is 5.10 Å². The van der Waals surface area contributed by atoms with Crippen LogP contribution in [0.1, 0.15) is 56.7 Å². The van der Waals surface area contributed by atoms with Gasteiger partial charge in [0.25, 0.3) is 5.56 Å². The van der Waals surface area contributed by atoms with Crippen molar-refractivity contribution < 1.29 is 14.4 Å². The highest BCUT2D eigenvalue weighted by molar-refractivity contribution is 5.86. The average molecular weight is 529 g/mol. The first-order valence-electron chi connectivity index (χ1n) is 12.8. The lowest BCUT2D eigenvalue weighted by Gasteiger charge is -2.17. The number of hydrogen-bond donors (Lipinski definition) is 0. The molecule has 0 unspecified atom stereocenters. The highest BCUT2D eigenvalue weighted by Gasteiger charge is 2.21. The molecular formula is C30H32N4O5. The van der Waals surface area contributed by atoms with Crippen molar-refractivity contribution in [3.05, 3.63) is 91.8 Å². The van der Waals surface area contributed by atoms with Gasteiger partial charge in [-0.15, -0.1) is 0 Å². The fourth-order valence-electron chi connectivity index (χ4n) is 4.29. The number of aromatic nitrogens is 2. The van der Waals surface area contributed by atoms with Crippen LogP contribution >= 0.6 is 0 Å². The fraction of sp³-hybridized carbons (Fsp3) is 0.300. The Morgan fingerprint density at radius 3 is 2.54 bits per heavy atom. The second-order valence-electron chi connectivity index (χ2n) is 9.67. The van der Waals surface area contributed by atoms with E-state index < -0.39 is 4.92 Å². The van der Waals surface area contributed by atoms with Gasteiger partial charge in [-0.1, -0.05) is 39.0 Å². The maximum absolute atomic E-state index is 13.7. The predicted octanol–water partition coefficient (Wildman–Crippen LogP) is 6.47. The zero-order chi connectivity index (χ0) is 28.3. The number of ether oxygens (including phenoxy) is 2. The van der Waals surface area contributed by atoms with Gasteiger partial charge in [0.2, 0.25) is 5.75 Å². The van der Waals surface area contributed by atoms with E-state index in [9.17, 15) is 14.9 Å². The quantitative estimate of drug-likeness (QED) is 0.140. The van der Waals surface area contributed by atoms with Crippen molar-refractivity contribution in [2.75, 3.05) is 7.11 Å². The van der Waals surface area contributed by atoms with Crippen LogP contribution in [-0.2, 0) is 0 Å². The van der Waals surface area contributed by atoms with Gasteiger partial charge in [-0.25, -0.2) is 4.98 Å². The number of rotatable bonds is 9. The largest absolute Gasteiger partial charge is 0.496 e. The van der Waals surface area contributed by atoms with Crippen molar-refractivity contribution in [1.82, 2.24) is 9.66 Å². The van der Waals surface area contributed by atoms with Crippen LogP contribution in [0.4, 0.5) is 5.69 Å². The number of fused-ring (bicyclic) bond motifs is 1. The van der Waals surface area contributed by atoms with Crippen molar-refractivity contribution in [2.45, 2.75) is 53.1 Å². The average Bonchev–Trinajstić information content (AvgIpc) is 2.92. The molecule has 0 amide bonds. The van der Waals surface area contributed by atoms with E-state index in [0.29, 0.717) is 28.7 Å². The predicted molar refractivity (Wildman–Crippen MR) is 153 cm³/mol. The molecule has 9 heteroatoms. The molecule has 39 heavy (non-hydrogen) atoms. The number of para-hydroxylation sites is 2. The van der Waals surface area contributed by atoms with E-state index in [1.54, 1.807) is 37.4 Å². The molecule has 3 aromatic carbocycles. The summed E-state index contributed by atoms with van der Waals surface area (Å²) in [6, 6.07) is 15.6. The second-order valence-corrected chi connectivity index (χ2v) is 9.67. The molecule has 1 heterocycles. The molecule has 0 saturated heterocycles. The van der Waals surface area contributed by atoms with Crippen LogP contribution in [-0.4, -0.2) is 34.0 Å². The summed E-state index contributed by atoms with van der Waals surface area (Å²) in [4.78, 5) is 29.8. The van der Waals surface area contributed by atoms with E-state index in [2.05, 4.69) is 18.9 Å². The molecule has 0 radical (unpaired) electrons. The Kier molecular flexibility index (Phi) is 8.09. The minimum absolute atomic E-state index is 0.103. The number of hydrogen-bond acceptors (Lipinski definition) is 7. The Morgan fingerprint density at radius 2 is 1.87 bits per heavy atom. The van der Waals surface area contributed by atoms with E-state index in [1.165, 1.54) is 17.0 Å². The van der Waals surface area contributed by atoms with Gasteiger partial charge in [-0.2, -0.15) is 9.78 Å². The lowest BCUT2D eigenvalue weighted by atomic mass is 9.96. The highest BCUT2D eigenvalue weighted by Crippen LogP contribution is 2.34. The molecule has 0 aliphatic carbocycles. The topological polar surface area (TPSA) is 109 Å². The summed E-state index contributed by atoms with van der Waals surface area (Å²) < 4.78 is 12.8. The first kappa shape index (κ1) is 27.5. The molecule has 4 rings (SSSR count). The number of nitro benzene ring substituents is 1. The van der Waals surface area contributed by atoms with Gasteiger partial charge in [0, 0.05) is 17.2 Å². The Bertz CT molecular complexity index is 1620. The molecule has 0 aliphatic rings. The summed E-state index contributed by atoms with van der Waals surface area (Å²) in [5.41, 5.74) is 2.96. The minimum Gasteiger partial charge on any atom is -0.496 e. The smallest absolute Gasteiger partial charge is 0.311 e. The zero-order valence-corrected chi connectivity index (χ0v) is 23.0. The van der Waals surface area contributed by atoms with E-state index >= 15 is 0 Å². The standard InChI is InChI=1S/C30H32N4O5/c1-7-20(5)39-28-21(11-10-14-26(28)34(36)37)17-31-33-29(32-25-13-9-8-12-22(25)30(33)35)24-16-23(18(2)3)27(38-6)15-19(24)4/h8-18,20H,7H2,1-6H3/t20-/m1/s1. The van der Waals surface area contributed by atoms with Gasteiger partial charge < -0.3 is 9.47 Å². The van der Waals surface area contributed by atoms with Crippen LogP contribution in [0.2, 0.25) is 0 Å². The number of aryl methyl sites for hydroxylation is 1. The fourth-order valence-corrected chi connectivity index (χ4v) is 4.29. The Labute approximate surface area is 226 Å². The molecule has 0 fully saturated rings. The Balaban J connectivity index is 1.98. The third kappa shape index (κ3) is 5.52. The van der Waals surface area contributed by atoms with Crippen molar-refractivity contribution >= 4 is 22.8 Å². The van der Waals surface area contributed by atoms with Crippen molar-refractivity contribution in [1.29, 1.82) is 0 Å². The minimum atomic E-state index is -0.488. The third-order valence-corrected chi connectivity index (χ3v) is 6.62. The van der Waals surface area contributed by atoms with Gasteiger partial charge in [-0.05, 0) is 67.6 Å². The molecule has 0 spiro atoms. The number of methoxy groups -OCH3 is 1. The number of benzene rings is 3. The number of nitro groups is 1. The van der Waals surface area contributed by atoms with Crippen LogP contribution in [0.25, 0.3) is 22.3 Å². The molecule has 1 atom stereocenters. The van der Waals surface area contributed by atoms with Crippen LogP contribution in [0.5, 0.6) is 11.5 Å². The van der Waals surface area contributed by atoms with E-state index in [-0.39, 0.29) is 29.0 Å². The number of nitrogens with zero attached hydrogens (tertiary/aromatic N) is 4. The summed E-state index contributed by atoms with van der Waals surface area (Å²) in [5, 5.41) is 16.7. The monoisotopic (exact) mass is 528 g/mol. The molecule has 202 valence electrons. The van der Waals surface area contributed by atoms with E-state index in [0.717, 1.165) is 22.4 Å². The maximum Gasteiger partial charge on any atom is 0.311 e. The van der Waals surface area contributed by atoms with Gasteiger partial charge in [0.05, 0.1) is 35.3 Å². The molecule has 4 aromatic rings. The zero-order valence-electron chi connectivity index (χ0n) is 23.0.